The first-order valence-corrected chi connectivity index (χ1v) is 7.16. The molecule has 3 heteroatoms. The van der Waals surface area contributed by atoms with Gasteiger partial charge in [-0.15, -0.1) is 0 Å². The third-order valence-corrected chi connectivity index (χ3v) is 3.60. The smallest absolute Gasteiger partial charge is 0.337 e. The van der Waals surface area contributed by atoms with E-state index in [1.807, 2.05) is 31.2 Å². The van der Waals surface area contributed by atoms with Crippen molar-refractivity contribution in [2.45, 2.75) is 6.92 Å². The predicted molar refractivity (Wildman–Crippen MR) is 91.0 cm³/mol. The highest BCUT2D eigenvalue weighted by atomic mass is 16.5. The van der Waals surface area contributed by atoms with Crippen molar-refractivity contribution in [1.29, 1.82) is 5.26 Å². The molecule has 0 heterocycles. The molecule has 0 aliphatic carbocycles. The van der Waals surface area contributed by atoms with Gasteiger partial charge in [0.05, 0.1) is 24.3 Å². The van der Waals surface area contributed by atoms with Crippen molar-refractivity contribution in [3.8, 4) is 6.07 Å². The third-order valence-electron chi connectivity index (χ3n) is 3.60. The minimum absolute atomic E-state index is 0.378. The van der Waals surface area contributed by atoms with Crippen LogP contribution in [0.5, 0.6) is 0 Å². The average molecular weight is 303 g/mol. The molecule has 0 aliphatic rings. The Balaban J connectivity index is 2.79. The second-order valence-corrected chi connectivity index (χ2v) is 4.89. The van der Waals surface area contributed by atoms with Gasteiger partial charge in [0.25, 0.3) is 0 Å². The van der Waals surface area contributed by atoms with Gasteiger partial charge in [0.1, 0.15) is 0 Å². The summed E-state index contributed by atoms with van der Waals surface area (Å²) in [4.78, 5) is 11.8. The van der Waals surface area contributed by atoms with Crippen LogP contribution in [0.4, 0.5) is 0 Å². The van der Waals surface area contributed by atoms with Crippen LogP contribution in [0, 0.1) is 11.3 Å². The third kappa shape index (κ3) is 3.38. The van der Waals surface area contributed by atoms with Gasteiger partial charge < -0.3 is 4.74 Å². The summed E-state index contributed by atoms with van der Waals surface area (Å²) in [6.45, 7) is 5.83. The summed E-state index contributed by atoms with van der Waals surface area (Å²) in [5.74, 6) is -0.378. The van der Waals surface area contributed by atoms with E-state index in [9.17, 15) is 4.79 Å². The Labute approximate surface area is 135 Å². The van der Waals surface area contributed by atoms with E-state index >= 15 is 0 Å². The molecule has 3 nitrogen and oxygen atoms in total. The van der Waals surface area contributed by atoms with Crippen LogP contribution in [0.15, 0.2) is 55.1 Å². The minimum atomic E-state index is -0.378. The van der Waals surface area contributed by atoms with Gasteiger partial charge in [-0.25, -0.2) is 4.79 Å². The Morgan fingerprint density at radius 2 is 1.83 bits per heavy atom. The van der Waals surface area contributed by atoms with Crippen LogP contribution in [-0.4, -0.2) is 13.1 Å². The first kappa shape index (κ1) is 16.3. The average Bonchev–Trinajstić information content (AvgIpc) is 2.62. The molecule has 2 rings (SSSR count). The number of ether oxygens (including phenoxy) is 1. The second kappa shape index (κ2) is 7.24. The van der Waals surface area contributed by atoms with E-state index in [0.29, 0.717) is 11.1 Å². The van der Waals surface area contributed by atoms with Gasteiger partial charge in [-0.2, -0.15) is 5.26 Å². The van der Waals surface area contributed by atoms with Crippen molar-refractivity contribution < 1.29 is 9.53 Å². The van der Waals surface area contributed by atoms with Crippen LogP contribution in [0.2, 0.25) is 0 Å². The molecule has 0 unspecified atom stereocenters. The molecule has 114 valence electrons. The largest absolute Gasteiger partial charge is 0.465 e. The molecule has 0 N–H and O–H groups in total. The monoisotopic (exact) mass is 303 g/mol. The number of carbonyl (C=O) groups is 1. The van der Waals surface area contributed by atoms with Crippen molar-refractivity contribution in [1.82, 2.24) is 0 Å². The van der Waals surface area contributed by atoms with Crippen LogP contribution in [0.3, 0.4) is 0 Å². The lowest BCUT2D eigenvalue weighted by molar-refractivity contribution is 0.0600. The molecule has 0 amide bonds. The van der Waals surface area contributed by atoms with Gasteiger partial charge in [-0.3, -0.25) is 0 Å². The summed E-state index contributed by atoms with van der Waals surface area (Å²) in [6, 6.07) is 14.8. The van der Waals surface area contributed by atoms with Gasteiger partial charge in [0, 0.05) is 0 Å². The molecule has 23 heavy (non-hydrogen) atoms. The number of hydrogen-bond acceptors (Lipinski definition) is 3. The fourth-order valence-electron chi connectivity index (χ4n) is 2.39. The van der Waals surface area contributed by atoms with Crippen LogP contribution in [0.1, 0.15) is 28.4 Å². The van der Waals surface area contributed by atoms with Gasteiger partial charge in [-0.1, -0.05) is 36.9 Å². The molecule has 0 atom stereocenters. The molecule has 0 radical (unpaired) electrons. The quantitative estimate of drug-likeness (QED) is 0.819. The molecular formula is C20H17NO2. The summed E-state index contributed by atoms with van der Waals surface area (Å²) in [7, 11) is 1.36. The molecule has 0 saturated carbocycles. The fraction of sp³-hybridized carbons (Fsp3) is 0.100. The lowest BCUT2D eigenvalue weighted by Crippen LogP contribution is -2.28. The standard InChI is InChI=1S/C20H17NO2/c1-4-15-10-11-17(20(22)23-3)12-19(15)18(5-2)16-8-6-14(13-21)7-9-16/h4-12H,2H2,1,3H3/b15-4-,19-18+. The summed E-state index contributed by atoms with van der Waals surface area (Å²) in [5.41, 5.74) is 2.92. The van der Waals surface area contributed by atoms with Crippen molar-refractivity contribution in [2.75, 3.05) is 7.11 Å². The van der Waals surface area contributed by atoms with E-state index in [1.165, 1.54) is 7.11 Å². The van der Waals surface area contributed by atoms with Crippen molar-refractivity contribution >= 4 is 17.6 Å². The molecule has 0 fully saturated rings. The van der Waals surface area contributed by atoms with Crippen molar-refractivity contribution in [2.24, 2.45) is 0 Å². The molecule has 0 bridgehead atoms. The van der Waals surface area contributed by atoms with E-state index in [-0.39, 0.29) is 5.97 Å². The Kier molecular flexibility index (Phi) is 5.11. The SMILES string of the molecule is C=C/C(c1ccc(C#N)cc1)=c1/cc(C(=O)OC)cc/c1=C/C. The van der Waals surface area contributed by atoms with E-state index in [1.54, 1.807) is 30.3 Å². The summed E-state index contributed by atoms with van der Waals surface area (Å²) in [6.07, 6.45) is 3.73. The lowest BCUT2D eigenvalue weighted by Gasteiger charge is -2.06. The fourth-order valence-corrected chi connectivity index (χ4v) is 2.39. The van der Waals surface area contributed by atoms with E-state index < -0.39 is 0 Å². The van der Waals surface area contributed by atoms with Gasteiger partial charge >= 0.3 is 5.97 Å². The molecule has 0 spiro atoms. The number of nitriles is 1. The zero-order valence-corrected chi connectivity index (χ0v) is 13.2. The van der Waals surface area contributed by atoms with Crippen LogP contribution in [-0.2, 0) is 4.74 Å². The predicted octanol–water partition coefficient (Wildman–Crippen LogP) is 2.53. The number of carbonyl (C=O) groups excluding carboxylic acids is 1. The normalized spacial score (nSPS) is 12.3. The maximum Gasteiger partial charge on any atom is 0.337 e. The van der Waals surface area contributed by atoms with Gasteiger partial charge in [-0.05, 0) is 52.8 Å². The van der Waals surface area contributed by atoms with Crippen molar-refractivity contribution in [3.05, 3.63) is 82.2 Å². The number of rotatable bonds is 3. The molecular weight excluding hydrogens is 286 g/mol. The van der Waals surface area contributed by atoms with Crippen molar-refractivity contribution in [3.63, 3.8) is 0 Å². The topological polar surface area (TPSA) is 50.1 Å². The highest BCUT2D eigenvalue weighted by Crippen LogP contribution is 2.13. The molecule has 0 aliphatic heterocycles. The number of allylic oxidation sites excluding steroid dienone is 1. The maximum atomic E-state index is 11.8. The van der Waals surface area contributed by atoms with Crippen LogP contribution < -0.4 is 10.4 Å². The minimum Gasteiger partial charge on any atom is -0.465 e. The lowest BCUT2D eigenvalue weighted by atomic mass is 9.99. The molecule has 2 aromatic rings. The maximum absolute atomic E-state index is 11.8. The first-order chi connectivity index (χ1) is 11.1. The van der Waals surface area contributed by atoms with E-state index in [4.69, 9.17) is 10.00 Å². The summed E-state index contributed by atoms with van der Waals surface area (Å²) >= 11 is 0. The van der Waals surface area contributed by atoms with Crippen LogP contribution >= 0.6 is 0 Å². The zero-order chi connectivity index (χ0) is 16.8. The molecule has 0 aromatic heterocycles. The van der Waals surface area contributed by atoms with Gasteiger partial charge in [0.2, 0.25) is 0 Å². The number of benzene rings is 2. The molecule has 0 saturated heterocycles. The Bertz CT molecular complexity index is 900. The highest BCUT2D eigenvalue weighted by molar-refractivity contribution is 5.89. The number of esters is 1. The first-order valence-electron chi connectivity index (χ1n) is 7.16. The van der Waals surface area contributed by atoms with Gasteiger partial charge in [0.15, 0.2) is 0 Å². The van der Waals surface area contributed by atoms with E-state index in [0.717, 1.165) is 21.6 Å². The summed E-state index contributed by atoms with van der Waals surface area (Å²) in [5, 5.41) is 10.8. The Morgan fingerprint density at radius 3 is 2.35 bits per heavy atom. The Morgan fingerprint density at radius 1 is 1.17 bits per heavy atom. The summed E-state index contributed by atoms with van der Waals surface area (Å²) < 4.78 is 4.79. The molecule has 2 aromatic carbocycles. The number of methoxy groups -OCH3 is 1. The number of nitrogens with zero attached hydrogens (tertiary/aromatic N) is 1. The Hall–Kier alpha value is -3.12. The zero-order valence-electron chi connectivity index (χ0n) is 13.2. The number of hydrogen-bond donors (Lipinski definition) is 0. The van der Waals surface area contributed by atoms with E-state index in [2.05, 4.69) is 12.6 Å². The van der Waals surface area contributed by atoms with Crippen LogP contribution in [0.25, 0.3) is 11.6 Å². The second-order valence-electron chi connectivity index (χ2n) is 4.89. The highest BCUT2D eigenvalue weighted by Gasteiger charge is 2.07.